The number of fused-ring (bicyclic) bond motifs is 6. The number of halogens is 1. The van der Waals surface area contributed by atoms with Crippen LogP contribution in [0.15, 0.2) is 228 Å². The largest absolute Gasteiger partial charge is 0.508 e. The normalized spacial score (nSPS) is 13.9. The van der Waals surface area contributed by atoms with Crippen LogP contribution in [0.5, 0.6) is 23.0 Å². The third-order valence-corrected chi connectivity index (χ3v) is 27.7. The minimum absolute atomic E-state index is 0.0174. The molecule has 0 bridgehead atoms. The highest BCUT2D eigenvalue weighted by molar-refractivity contribution is 6.64. The molecule has 36 nitrogen and oxygen atoms in total. The topological polar surface area (TPSA) is 470 Å². The monoisotopic (exact) mass is 2010 g/mol. The van der Waals surface area contributed by atoms with E-state index in [2.05, 4.69) is 70.5 Å². The first-order chi connectivity index (χ1) is 72.1. The highest BCUT2D eigenvalue weighted by Gasteiger charge is 2.33. The van der Waals surface area contributed by atoms with E-state index in [-0.39, 0.29) is 40.7 Å². The molecule has 0 aliphatic carbocycles. The van der Waals surface area contributed by atoms with Crippen molar-refractivity contribution in [2.75, 3.05) is 52.4 Å². The molecule has 6 amide bonds. The van der Waals surface area contributed by atoms with Gasteiger partial charge in [-0.25, -0.2) is 33.7 Å². The summed E-state index contributed by atoms with van der Waals surface area (Å²) in [5, 5.41) is 79.2. The number of aromatic nitrogens is 18. The fourth-order valence-corrected chi connectivity index (χ4v) is 20.3. The molecule has 0 spiro atoms. The first-order valence-electron chi connectivity index (χ1n) is 49.6. The van der Waals surface area contributed by atoms with Crippen LogP contribution >= 0.6 is 11.6 Å². The summed E-state index contributed by atoms with van der Waals surface area (Å²) in [7, 11) is 0. The van der Waals surface area contributed by atoms with Gasteiger partial charge in [0.25, 0.3) is 11.8 Å². The van der Waals surface area contributed by atoms with Crippen molar-refractivity contribution in [3.8, 4) is 125 Å². The minimum atomic E-state index is -0.918. The van der Waals surface area contributed by atoms with E-state index in [1.807, 2.05) is 193 Å². The number of carbonyl (C=O) groups excluding carboxylic acids is 5. The number of rotatable bonds is 19. The van der Waals surface area contributed by atoms with E-state index in [4.69, 9.17) is 47.6 Å². The van der Waals surface area contributed by atoms with Gasteiger partial charge in [-0.3, -0.25) is 83.6 Å². The maximum atomic E-state index is 13.6. The molecule has 0 radical (unpaired) electrons. The van der Waals surface area contributed by atoms with E-state index >= 15 is 0 Å². The van der Waals surface area contributed by atoms with Gasteiger partial charge in [-0.2, -0.15) is 25.5 Å². The lowest BCUT2D eigenvalue weighted by atomic mass is 9.95. The number of benzene rings is 7. The van der Waals surface area contributed by atoms with Gasteiger partial charge in [0.05, 0.1) is 56.1 Å². The van der Waals surface area contributed by atoms with Crippen LogP contribution in [0, 0.1) is 20.8 Å². The number of hydrogen-bond donors (Lipinski definition) is 10. The van der Waals surface area contributed by atoms with Crippen LogP contribution in [0.1, 0.15) is 146 Å². The fraction of sp³-hybridized carbons (Fsp3) is 0.250. The van der Waals surface area contributed by atoms with Gasteiger partial charge < -0.3 is 36.4 Å². The molecule has 2 fully saturated rings. The molecule has 37 heteroatoms. The maximum absolute atomic E-state index is 13.6. The van der Waals surface area contributed by atoms with Crippen molar-refractivity contribution < 1.29 is 44.4 Å². The van der Waals surface area contributed by atoms with Gasteiger partial charge >= 0.3 is 22.8 Å². The standard InChI is InChI=1S/C45H44N10O5.C23H18ClN5O2.C22H27N5O3.C22H19N5O/c1-26(2)32-23-34(39(57)24-38(32)56)42-49-50-45(60)55(42)30-12-9-28(10-13-30)25-52-18-20-53(21-19-52)44(59)48-43(58)29-11-14-35-33(22-29)31(15-16-46-35)40-37-8-5-17-54(37)51-41(40)36-7-4-6-27(3)47-36;1-13-4-2-5-18(26-13)21-20(19-6-3-11-29(19)28-21)15-9-10-25-17-8-7-14(12-16(15)17)22(30)27-23(24)31;1-14(2)17-11-18(20(29)12-19(17)28)21-24-25-22(30)27(21)16-5-3-15(4-6-16)13-26-9-7-23-8-10-26;1-13-4-2-5-18(25-13)21-20(19-6-3-11-27(19)26-21)15-9-10-24-17-8-7-14(22(23)28)12-16(15)17/h4,6-7,9-16,22-24,26,56-57H,5,8,17-21,25H2,1-3H3,(H,50,60)(H,48,58,59);2,4-5,7-10,12H,3,6,11H2,1H3,(H,27,30,31);3-6,11-12,14,23,28-29H,7-10,13H2,1-2H3,(H,25,30);2,4-5,7-10,12H,3,6,11H2,1H3,(H2,23,28). The fourth-order valence-electron chi connectivity index (χ4n) is 20.2. The number of piperazine rings is 2. The molecule has 11 N–H and O–H groups in total. The lowest BCUT2D eigenvalue weighted by molar-refractivity contribution is 0.0929. The Labute approximate surface area is 859 Å². The zero-order chi connectivity index (χ0) is 104. The van der Waals surface area contributed by atoms with Crippen molar-refractivity contribution in [2.45, 2.75) is 132 Å². The van der Waals surface area contributed by atoms with Gasteiger partial charge in [-0.05, 0) is 267 Å². The Balaban J connectivity index is 0.000000128. The van der Waals surface area contributed by atoms with E-state index in [0.29, 0.717) is 88.9 Å². The number of hydrogen-bond acceptors (Lipinski definition) is 25. The summed E-state index contributed by atoms with van der Waals surface area (Å²) in [6.45, 7) is 23.9. The van der Waals surface area contributed by atoms with Crippen LogP contribution in [0.4, 0.5) is 9.59 Å². The second kappa shape index (κ2) is 42.4. The number of phenolic OH excluding ortho intramolecular Hbond substituents is 4. The molecule has 0 atom stereocenters. The SMILES string of the molecule is CC(C)c1cc(-c2n[nH]c(=O)n2-c2ccc(CN3CCNCC3)cc2)c(O)cc1O.Cc1cccc(-c2nn3c(c2-c2ccnc4ccc(C(=O)NC(=O)Cl)cc24)CCC3)n1.Cc1cccc(-c2nn3c(c2-c2ccnc4ccc(C(=O)NC(=O)N5CCN(Cc6ccc(-n7c(-c8cc(C(C)C)c(O)cc8O)n[nH]c7=O)cc6)CC5)cc24)CCC3)n1.Cc1cccc(-c2nn3c(c2-c2ccnc4ccc(C(N)=O)cc24)CCC3)n1. The summed E-state index contributed by atoms with van der Waals surface area (Å²) < 4.78 is 9.01. The first-order valence-corrected chi connectivity index (χ1v) is 50.0. The summed E-state index contributed by atoms with van der Waals surface area (Å²) >= 11 is 5.32. The zero-order valence-corrected chi connectivity index (χ0v) is 83.7. The first kappa shape index (κ1) is 99.0. The number of amides is 6. The molecule has 0 unspecified atom stereocenters. The smallest absolute Gasteiger partial charge is 0.348 e. The quantitative estimate of drug-likeness (QED) is 0.0265. The number of nitrogens with zero attached hydrogens (tertiary/aromatic N) is 19. The molecule has 7 aromatic carbocycles. The number of aromatic amines is 2. The molecular weight excluding hydrogens is 1910 g/mol. The molecular formula is C112H108ClN25O11. The van der Waals surface area contributed by atoms with Crippen LogP contribution in [0.3, 0.4) is 0 Å². The summed E-state index contributed by atoms with van der Waals surface area (Å²) in [6, 6.07) is 60.2. The van der Waals surface area contributed by atoms with Crippen molar-refractivity contribution in [1.82, 2.24) is 119 Å². The van der Waals surface area contributed by atoms with Crippen molar-refractivity contribution in [2.24, 2.45) is 5.73 Å². The maximum Gasteiger partial charge on any atom is 0.348 e. The van der Waals surface area contributed by atoms with Gasteiger partial charge in [0.1, 0.15) is 40.1 Å². The van der Waals surface area contributed by atoms with Crippen LogP contribution in [0.2, 0.25) is 0 Å². The number of urea groups is 1. The number of primary amides is 1. The number of pyridine rings is 6. The highest BCUT2D eigenvalue weighted by atomic mass is 35.5. The number of aryl methyl sites for hydroxylation is 6. The van der Waals surface area contributed by atoms with E-state index < -0.39 is 40.5 Å². The second-order valence-electron chi connectivity index (χ2n) is 38.3. The average Bonchev–Trinajstić information content (AvgIpc) is 1.60. The molecule has 18 aromatic rings. The predicted molar refractivity (Wildman–Crippen MR) is 567 cm³/mol. The average molecular weight is 2020 g/mol. The number of aromatic hydroxyl groups is 4. The van der Waals surface area contributed by atoms with Gasteiger partial charge in [0, 0.05) is 200 Å². The zero-order valence-electron chi connectivity index (χ0n) is 83.0. The third kappa shape index (κ3) is 20.6. The van der Waals surface area contributed by atoms with Crippen molar-refractivity contribution >= 4 is 73.4 Å². The second-order valence-corrected chi connectivity index (χ2v) is 38.6. The Kier molecular flexibility index (Phi) is 28.2. The third-order valence-electron chi connectivity index (χ3n) is 27.6. The van der Waals surface area contributed by atoms with Crippen LogP contribution in [-0.2, 0) is 52.0 Å². The Hall–Kier alpha value is -17.4. The molecule has 16 heterocycles. The summed E-state index contributed by atoms with van der Waals surface area (Å²) in [4.78, 5) is 122. The summed E-state index contributed by atoms with van der Waals surface area (Å²) in [6.07, 6.45) is 11.2. The number of phenols is 4. The van der Waals surface area contributed by atoms with Crippen molar-refractivity contribution in [1.29, 1.82) is 0 Å². The number of imide groups is 2. The Morgan fingerprint density at radius 2 is 0.785 bits per heavy atom. The lowest BCUT2D eigenvalue weighted by Crippen LogP contribution is -2.52. The molecule has 754 valence electrons. The molecule has 0 saturated carbocycles. The summed E-state index contributed by atoms with van der Waals surface area (Å²) in [5.74, 6) is -1.26. The summed E-state index contributed by atoms with van der Waals surface area (Å²) in [5.41, 5.74) is 30.7. The molecule has 23 rings (SSSR count). The van der Waals surface area contributed by atoms with Gasteiger partial charge in [0.2, 0.25) is 5.91 Å². The molecule has 2 saturated heterocycles. The van der Waals surface area contributed by atoms with E-state index in [1.54, 1.807) is 72.0 Å². The van der Waals surface area contributed by atoms with E-state index in [9.17, 15) is 54.0 Å². The van der Waals surface area contributed by atoms with Crippen molar-refractivity contribution in [3.05, 3.63) is 313 Å². The Morgan fingerprint density at radius 1 is 0.416 bits per heavy atom. The minimum Gasteiger partial charge on any atom is -0.508 e. The van der Waals surface area contributed by atoms with Gasteiger partial charge in [-0.1, -0.05) is 70.2 Å². The lowest BCUT2D eigenvalue weighted by Gasteiger charge is -2.34. The Bertz CT molecular complexity index is 8390. The molecule has 5 aliphatic heterocycles. The van der Waals surface area contributed by atoms with E-state index in [0.717, 1.165) is 225 Å². The van der Waals surface area contributed by atoms with Crippen LogP contribution < -0.4 is 33.1 Å². The van der Waals surface area contributed by atoms with Gasteiger partial charge in [-0.15, -0.1) is 0 Å². The predicted octanol–water partition coefficient (Wildman–Crippen LogP) is 16.3. The van der Waals surface area contributed by atoms with Crippen LogP contribution in [-0.4, -0.2) is 205 Å². The van der Waals surface area contributed by atoms with Crippen molar-refractivity contribution in [3.63, 3.8) is 0 Å². The number of nitrogens with two attached hydrogens (primary N) is 1. The van der Waals surface area contributed by atoms with Gasteiger partial charge in [0.15, 0.2) is 11.6 Å². The number of H-pyrrole nitrogens is 2. The highest BCUT2D eigenvalue weighted by Crippen LogP contribution is 2.46. The molecule has 5 aliphatic rings. The number of nitrogens with one attached hydrogen (secondary N) is 5. The van der Waals surface area contributed by atoms with Crippen LogP contribution in [0.25, 0.3) is 134 Å². The Morgan fingerprint density at radius 3 is 1.15 bits per heavy atom. The molecule has 11 aromatic heterocycles. The molecule has 149 heavy (non-hydrogen) atoms. The van der Waals surface area contributed by atoms with E-state index in [1.165, 1.54) is 32.5 Å². The number of carbonyl (C=O) groups is 5.